The summed E-state index contributed by atoms with van der Waals surface area (Å²) in [6.07, 6.45) is 5.10. The molecule has 0 aliphatic carbocycles. The number of hydrogen-bond acceptors (Lipinski definition) is 10. The zero-order chi connectivity index (χ0) is 24.1. The van der Waals surface area contributed by atoms with E-state index in [-0.39, 0.29) is 34.4 Å². The third kappa shape index (κ3) is 5.13. The van der Waals surface area contributed by atoms with Crippen LogP contribution in [0.3, 0.4) is 0 Å². The third-order valence-corrected chi connectivity index (χ3v) is 6.91. The van der Waals surface area contributed by atoms with Crippen LogP contribution in [0, 0.1) is 0 Å². The molecular formula is C22H21N5O5S2. The predicted molar refractivity (Wildman–Crippen MR) is 130 cm³/mol. The van der Waals surface area contributed by atoms with Crippen LogP contribution in [-0.2, 0) is 24.0 Å². The topological polar surface area (TPSA) is 136 Å². The van der Waals surface area contributed by atoms with E-state index < -0.39 is 17.9 Å². The van der Waals surface area contributed by atoms with Crippen molar-refractivity contribution in [1.29, 1.82) is 0 Å². The standard InChI is InChI=1S/C22H21N5O5S2/c1-31-26-16(15-12-34-22(23)24-15)18(28)25-17-19(29)27-10-14(11-33-20(17)27)21(30)32-9-5-8-13-6-3-2-4-7-13/h2-8,10,12,17,20H,9,11H2,1H3,(H2,23,24)(H,25,28)/t17?,20-/m1/s1. The molecule has 1 fully saturated rings. The zero-order valence-electron chi connectivity index (χ0n) is 18.0. The Bertz CT molecular complexity index is 1180. The van der Waals surface area contributed by atoms with Crippen LogP contribution in [0.1, 0.15) is 11.3 Å². The molecule has 12 heteroatoms. The number of amides is 2. The number of hydrogen-bond donors (Lipinski definition) is 2. The van der Waals surface area contributed by atoms with E-state index in [2.05, 4.69) is 15.5 Å². The fourth-order valence-electron chi connectivity index (χ4n) is 3.29. The summed E-state index contributed by atoms with van der Waals surface area (Å²) in [5.74, 6) is -1.08. The molecule has 2 aromatic rings. The van der Waals surface area contributed by atoms with Gasteiger partial charge in [-0.15, -0.1) is 23.1 Å². The first-order valence-corrected chi connectivity index (χ1v) is 12.1. The number of carbonyl (C=O) groups is 3. The predicted octanol–water partition coefficient (Wildman–Crippen LogP) is 1.62. The van der Waals surface area contributed by atoms with Gasteiger partial charge in [-0.3, -0.25) is 9.59 Å². The number of thiazole rings is 1. The Morgan fingerprint density at radius 1 is 1.35 bits per heavy atom. The van der Waals surface area contributed by atoms with Gasteiger partial charge in [-0.25, -0.2) is 9.78 Å². The maximum Gasteiger partial charge on any atom is 0.336 e. The molecule has 0 radical (unpaired) electrons. The highest BCUT2D eigenvalue weighted by Crippen LogP contribution is 2.36. The molecule has 1 aromatic heterocycles. The summed E-state index contributed by atoms with van der Waals surface area (Å²) in [7, 11) is 1.30. The summed E-state index contributed by atoms with van der Waals surface area (Å²) >= 11 is 2.52. The van der Waals surface area contributed by atoms with Gasteiger partial charge in [0.15, 0.2) is 10.8 Å². The Hall–Kier alpha value is -3.64. The van der Waals surface area contributed by atoms with Crippen molar-refractivity contribution >= 4 is 57.8 Å². The van der Waals surface area contributed by atoms with E-state index >= 15 is 0 Å². The van der Waals surface area contributed by atoms with Gasteiger partial charge in [-0.1, -0.05) is 41.6 Å². The van der Waals surface area contributed by atoms with Gasteiger partial charge in [0, 0.05) is 17.3 Å². The molecule has 1 unspecified atom stereocenters. The summed E-state index contributed by atoms with van der Waals surface area (Å²) in [5.41, 5.74) is 7.20. The molecule has 0 spiro atoms. The number of aromatic nitrogens is 1. The van der Waals surface area contributed by atoms with Crippen LogP contribution in [0.25, 0.3) is 6.08 Å². The van der Waals surface area contributed by atoms with E-state index in [4.69, 9.17) is 15.3 Å². The minimum Gasteiger partial charge on any atom is -0.458 e. The summed E-state index contributed by atoms with van der Waals surface area (Å²) in [4.78, 5) is 47.9. The van der Waals surface area contributed by atoms with Crippen molar-refractivity contribution < 1.29 is 24.0 Å². The highest BCUT2D eigenvalue weighted by molar-refractivity contribution is 8.00. The molecular weight excluding hydrogens is 478 g/mol. The van der Waals surface area contributed by atoms with E-state index in [1.54, 1.807) is 11.5 Å². The number of anilines is 1. The molecule has 2 amide bonds. The molecule has 2 aliphatic rings. The molecule has 2 atom stereocenters. The smallest absolute Gasteiger partial charge is 0.336 e. The molecule has 176 valence electrons. The SMILES string of the molecule is CON=C(C(=O)NC1C(=O)N2C=C(C(=O)OCC=Cc3ccccc3)CS[C@H]12)c1csc(N)n1. The van der Waals surface area contributed by atoms with Gasteiger partial charge in [0.2, 0.25) is 0 Å². The number of nitrogens with two attached hydrogens (primary N) is 1. The number of thioether (sulfide) groups is 1. The number of benzene rings is 1. The van der Waals surface area contributed by atoms with Crippen molar-refractivity contribution in [3.05, 3.63) is 64.8 Å². The molecule has 3 heterocycles. The average Bonchev–Trinajstić information content (AvgIpc) is 3.29. The number of fused-ring (bicyclic) bond motifs is 1. The first-order valence-electron chi connectivity index (χ1n) is 10.1. The van der Waals surface area contributed by atoms with Gasteiger partial charge in [-0.05, 0) is 11.6 Å². The number of nitrogens with one attached hydrogen (secondary N) is 1. The Balaban J connectivity index is 1.32. The van der Waals surface area contributed by atoms with Gasteiger partial charge in [-0.2, -0.15) is 0 Å². The van der Waals surface area contributed by atoms with Gasteiger partial charge in [0.05, 0.1) is 5.57 Å². The maximum absolute atomic E-state index is 12.7. The van der Waals surface area contributed by atoms with Crippen molar-refractivity contribution in [3.63, 3.8) is 0 Å². The molecule has 10 nitrogen and oxygen atoms in total. The number of rotatable bonds is 8. The van der Waals surface area contributed by atoms with Gasteiger partial charge in [0.25, 0.3) is 11.8 Å². The van der Waals surface area contributed by atoms with Gasteiger partial charge >= 0.3 is 5.97 Å². The van der Waals surface area contributed by atoms with E-state index in [1.807, 2.05) is 36.4 Å². The van der Waals surface area contributed by atoms with E-state index in [1.165, 1.54) is 30.0 Å². The maximum atomic E-state index is 12.7. The Morgan fingerprint density at radius 3 is 2.85 bits per heavy atom. The average molecular weight is 500 g/mol. The molecule has 1 saturated heterocycles. The van der Waals surface area contributed by atoms with E-state index in [9.17, 15) is 14.4 Å². The molecule has 2 aliphatic heterocycles. The Morgan fingerprint density at radius 2 is 2.15 bits per heavy atom. The third-order valence-electron chi connectivity index (χ3n) is 4.92. The number of esters is 1. The monoisotopic (exact) mass is 499 g/mol. The minimum atomic E-state index is -0.766. The minimum absolute atomic E-state index is 0.0779. The molecule has 3 N–H and O–H groups in total. The lowest BCUT2D eigenvalue weighted by atomic mass is 10.1. The fraction of sp³-hybridized carbons (Fsp3) is 0.227. The molecule has 0 bridgehead atoms. The first kappa shape index (κ1) is 23.5. The van der Waals surface area contributed by atoms with E-state index in [0.717, 1.165) is 16.9 Å². The number of nitrogens with zero attached hydrogens (tertiary/aromatic N) is 3. The second kappa shape index (κ2) is 10.5. The summed E-state index contributed by atoms with van der Waals surface area (Å²) < 4.78 is 5.29. The lowest BCUT2D eigenvalue weighted by Crippen LogP contribution is -2.69. The van der Waals surface area contributed by atoms with Crippen molar-refractivity contribution in [2.24, 2.45) is 5.16 Å². The fourth-order valence-corrected chi connectivity index (χ4v) is 5.08. The number of carbonyl (C=O) groups excluding carboxylic acids is 3. The van der Waals surface area contributed by atoms with Crippen molar-refractivity contribution in [1.82, 2.24) is 15.2 Å². The van der Waals surface area contributed by atoms with Crippen LogP contribution in [-0.4, -0.2) is 64.3 Å². The Labute approximate surface area is 203 Å². The molecule has 0 saturated carbocycles. The van der Waals surface area contributed by atoms with Crippen LogP contribution >= 0.6 is 23.1 Å². The van der Waals surface area contributed by atoms with Crippen LogP contribution in [0.15, 0.2) is 58.7 Å². The van der Waals surface area contributed by atoms with Crippen LogP contribution < -0.4 is 11.1 Å². The second-order valence-electron chi connectivity index (χ2n) is 7.16. The summed E-state index contributed by atoms with van der Waals surface area (Å²) in [6, 6.07) is 8.89. The number of ether oxygens (including phenoxy) is 1. The lowest BCUT2D eigenvalue weighted by molar-refractivity contribution is -0.144. The molecule has 4 rings (SSSR count). The normalized spacial score (nSPS) is 19.8. The van der Waals surface area contributed by atoms with Crippen LogP contribution in [0.4, 0.5) is 5.13 Å². The van der Waals surface area contributed by atoms with Crippen molar-refractivity contribution in [2.45, 2.75) is 11.4 Å². The Kier molecular flexibility index (Phi) is 7.28. The van der Waals surface area contributed by atoms with Crippen LogP contribution in [0.5, 0.6) is 0 Å². The number of β-lactam (4-membered cyclic amide) rings is 1. The second-order valence-corrected chi connectivity index (χ2v) is 9.15. The number of nitrogen functional groups attached to an aromatic ring is 1. The highest BCUT2D eigenvalue weighted by atomic mass is 32.2. The number of oxime groups is 1. The highest BCUT2D eigenvalue weighted by Gasteiger charge is 2.50. The quantitative estimate of drug-likeness (QED) is 0.242. The van der Waals surface area contributed by atoms with E-state index in [0.29, 0.717) is 11.3 Å². The van der Waals surface area contributed by atoms with Gasteiger partial charge in [0.1, 0.15) is 30.8 Å². The van der Waals surface area contributed by atoms with Crippen molar-refractivity contribution in [2.75, 3.05) is 25.2 Å². The largest absolute Gasteiger partial charge is 0.458 e. The van der Waals surface area contributed by atoms with Crippen molar-refractivity contribution in [3.8, 4) is 0 Å². The lowest BCUT2D eigenvalue weighted by Gasteiger charge is -2.47. The zero-order valence-corrected chi connectivity index (χ0v) is 19.7. The molecule has 1 aromatic carbocycles. The first-order chi connectivity index (χ1) is 16.5. The van der Waals surface area contributed by atoms with Crippen LogP contribution in [0.2, 0.25) is 0 Å². The summed E-state index contributed by atoms with van der Waals surface area (Å²) in [5, 5.41) is 7.90. The summed E-state index contributed by atoms with van der Waals surface area (Å²) in [6.45, 7) is 0.120. The van der Waals surface area contributed by atoms with Gasteiger partial charge < -0.3 is 25.5 Å². The molecule has 34 heavy (non-hydrogen) atoms.